The number of ether oxygens (including phenoxy) is 1. The SMILES string of the molecule is Cc1ccc([C@H](C)NC(=O)COC(=O)c2cc(=O)c3cc(Cl)ccc3o2)cc1C. The molecular weight excluding hydrogens is 394 g/mol. The topological polar surface area (TPSA) is 85.6 Å². The number of carbonyl (C=O) groups is 2. The van der Waals surface area contributed by atoms with Gasteiger partial charge >= 0.3 is 5.97 Å². The molecule has 1 heterocycles. The minimum Gasteiger partial charge on any atom is -0.450 e. The molecule has 0 aliphatic rings. The zero-order valence-electron chi connectivity index (χ0n) is 16.2. The molecule has 3 aromatic rings. The van der Waals surface area contributed by atoms with Crippen molar-refractivity contribution in [3.8, 4) is 0 Å². The van der Waals surface area contributed by atoms with Gasteiger partial charge in [-0.3, -0.25) is 9.59 Å². The number of hydrogen-bond donors (Lipinski definition) is 1. The first-order valence-corrected chi connectivity index (χ1v) is 9.39. The van der Waals surface area contributed by atoms with E-state index in [9.17, 15) is 14.4 Å². The highest BCUT2D eigenvalue weighted by molar-refractivity contribution is 6.31. The standard InChI is InChI=1S/C22H20ClNO5/c1-12-4-5-15(8-13(12)2)14(3)24-21(26)11-28-22(27)20-10-18(25)17-9-16(23)6-7-19(17)29-20/h4-10,14H,11H2,1-3H3,(H,24,26)/t14-/m0/s1. The summed E-state index contributed by atoms with van der Waals surface area (Å²) in [4.78, 5) is 36.5. The number of rotatable bonds is 5. The van der Waals surface area contributed by atoms with E-state index >= 15 is 0 Å². The lowest BCUT2D eigenvalue weighted by Crippen LogP contribution is -2.31. The van der Waals surface area contributed by atoms with E-state index in [0.717, 1.165) is 17.2 Å². The molecular formula is C22H20ClNO5. The fourth-order valence-electron chi connectivity index (χ4n) is 2.83. The Kier molecular flexibility index (Phi) is 6.03. The summed E-state index contributed by atoms with van der Waals surface area (Å²) in [5.74, 6) is -1.63. The molecule has 150 valence electrons. The Labute approximate surface area is 172 Å². The van der Waals surface area contributed by atoms with Crippen molar-refractivity contribution in [1.82, 2.24) is 5.32 Å². The van der Waals surface area contributed by atoms with Crippen LogP contribution in [0.2, 0.25) is 5.02 Å². The van der Waals surface area contributed by atoms with Crippen molar-refractivity contribution >= 4 is 34.4 Å². The van der Waals surface area contributed by atoms with Crippen molar-refractivity contribution in [3.05, 3.63) is 80.2 Å². The average Bonchev–Trinajstić information content (AvgIpc) is 2.68. The smallest absolute Gasteiger partial charge is 0.374 e. The Morgan fingerprint density at radius 1 is 1.10 bits per heavy atom. The number of fused-ring (bicyclic) bond motifs is 1. The van der Waals surface area contributed by atoms with Crippen LogP contribution in [-0.2, 0) is 9.53 Å². The van der Waals surface area contributed by atoms with Crippen LogP contribution in [0.15, 0.2) is 51.7 Å². The van der Waals surface area contributed by atoms with E-state index in [1.54, 1.807) is 6.07 Å². The quantitative estimate of drug-likeness (QED) is 0.636. The summed E-state index contributed by atoms with van der Waals surface area (Å²) in [5.41, 5.74) is 3.03. The fourth-order valence-corrected chi connectivity index (χ4v) is 3.00. The Balaban J connectivity index is 1.63. The number of carbonyl (C=O) groups excluding carboxylic acids is 2. The first-order chi connectivity index (χ1) is 13.7. The van der Waals surface area contributed by atoms with E-state index < -0.39 is 23.9 Å². The maximum Gasteiger partial charge on any atom is 0.374 e. The summed E-state index contributed by atoms with van der Waals surface area (Å²) in [5, 5.41) is 3.42. The molecule has 0 aliphatic carbocycles. The minimum absolute atomic E-state index is 0.210. The Hall–Kier alpha value is -3.12. The van der Waals surface area contributed by atoms with Crippen molar-refractivity contribution in [3.63, 3.8) is 0 Å². The Morgan fingerprint density at radius 3 is 2.59 bits per heavy atom. The number of esters is 1. The van der Waals surface area contributed by atoms with Gasteiger partial charge in [0.2, 0.25) is 5.76 Å². The second-order valence-corrected chi connectivity index (χ2v) is 7.26. The second-order valence-electron chi connectivity index (χ2n) is 6.82. The lowest BCUT2D eigenvalue weighted by molar-refractivity contribution is -0.124. The molecule has 2 aromatic carbocycles. The van der Waals surface area contributed by atoms with E-state index in [4.69, 9.17) is 20.8 Å². The van der Waals surface area contributed by atoms with Crippen LogP contribution in [0.4, 0.5) is 0 Å². The third-order valence-corrected chi connectivity index (χ3v) is 4.87. The van der Waals surface area contributed by atoms with Gasteiger partial charge in [-0.1, -0.05) is 29.8 Å². The molecule has 0 fully saturated rings. The number of aryl methyl sites for hydroxylation is 2. The third-order valence-electron chi connectivity index (χ3n) is 4.63. The highest BCUT2D eigenvalue weighted by Gasteiger charge is 2.17. The highest BCUT2D eigenvalue weighted by atomic mass is 35.5. The van der Waals surface area contributed by atoms with Gasteiger partial charge in [0, 0.05) is 11.1 Å². The summed E-state index contributed by atoms with van der Waals surface area (Å²) in [6, 6.07) is 11.2. The molecule has 0 unspecified atom stereocenters. The van der Waals surface area contributed by atoms with E-state index in [0.29, 0.717) is 5.02 Å². The maximum atomic E-state index is 12.2. The van der Waals surface area contributed by atoms with Gasteiger partial charge in [0.1, 0.15) is 5.58 Å². The second kappa shape index (κ2) is 8.49. The number of hydrogen-bond acceptors (Lipinski definition) is 5. The number of amides is 1. The summed E-state index contributed by atoms with van der Waals surface area (Å²) in [7, 11) is 0. The van der Waals surface area contributed by atoms with Crippen molar-refractivity contribution in [2.45, 2.75) is 26.8 Å². The zero-order valence-corrected chi connectivity index (χ0v) is 17.0. The van der Waals surface area contributed by atoms with Crippen LogP contribution < -0.4 is 10.7 Å². The Bertz CT molecular complexity index is 1150. The molecule has 1 amide bonds. The largest absolute Gasteiger partial charge is 0.450 e. The fraction of sp³-hybridized carbons (Fsp3) is 0.227. The highest BCUT2D eigenvalue weighted by Crippen LogP contribution is 2.18. The summed E-state index contributed by atoms with van der Waals surface area (Å²) >= 11 is 5.86. The van der Waals surface area contributed by atoms with Crippen molar-refractivity contribution in [2.75, 3.05) is 6.61 Å². The number of benzene rings is 2. The molecule has 1 atom stereocenters. The molecule has 29 heavy (non-hydrogen) atoms. The maximum absolute atomic E-state index is 12.2. The van der Waals surface area contributed by atoms with Crippen LogP contribution in [0.1, 0.15) is 40.2 Å². The average molecular weight is 414 g/mol. The van der Waals surface area contributed by atoms with Gasteiger partial charge in [-0.15, -0.1) is 0 Å². The van der Waals surface area contributed by atoms with E-state index in [2.05, 4.69) is 5.32 Å². The summed E-state index contributed by atoms with van der Waals surface area (Å²) in [6.07, 6.45) is 0. The molecule has 1 N–H and O–H groups in total. The molecule has 0 radical (unpaired) electrons. The summed E-state index contributed by atoms with van der Waals surface area (Å²) in [6.45, 7) is 5.37. The van der Waals surface area contributed by atoms with Crippen molar-refractivity contribution in [1.29, 1.82) is 0 Å². The van der Waals surface area contributed by atoms with Crippen LogP contribution in [0, 0.1) is 13.8 Å². The van der Waals surface area contributed by atoms with Gasteiger partial charge < -0.3 is 14.5 Å². The minimum atomic E-state index is -0.895. The zero-order chi connectivity index (χ0) is 21.1. The van der Waals surface area contributed by atoms with Gasteiger partial charge in [0.25, 0.3) is 5.91 Å². The van der Waals surface area contributed by atoms with E-state index in [-0.39, 0.29) is 22.8 Å². The molecule has 0 bridgehead atoms. The number of nitrogens with one attached hydrogen (secondary N) is 1. The van der Waals surface area contributed by atoms with E-state index in [1.807, 2.05) is 39.0 Å². The molecule has 0 saturated carbocycles. The monoisotopic (exact) mass is 413 g/mol. The van der Waals surface area contributed by atoms with Crippen LogP contribution in [0.3, 0.4) is 0 Å². The predicted molar refractivity (Wildman–Crippen MR) is 110 cm³/mol. The van der Waals surface area contributed by atoms with Gasteiger partial charge in [-0.25, -0.2) is 4.79 Å². The van der Waals surface area contributed by atoms with Crippen LogP contribution >= 0.6 is 11.6 Å². The first-order valence-electron chi connectivity index (χ1n) is 9.01. The molecule has 0 saturated heterocycles. The van der Waals surface area contributed by atoms with Gasteiger partial charge in [-0.2, -0.15) is 0 Å². The molecule has 1 aromatic heterocycles. The van der Waals surface area contributed by atoms with Gasteiger partial charge in [0.15, 0.2) is 12.0 Å². The molecule has 7 heteroatoms. The Morgan fingerprint density at radius 2 is 1.86 bits per heavy atom. The van der Waals surface area contributed by atoms with Gasteiger partial charge in [0.05, 0.1) is 11.4 Å². The molecule has 0 aliphatic heterocycles. The predicted octanol–water partition coefficient (Wildman–Crippen LogP) is 4.10. The number of halogens is 1. The molecule has 6 nitrogen and oxygen atoms in total. The first kappa shape index (κ1) is 20.6. The summed E-state index contributed by atoms with van der Waals surface area (Å²) < 4.78 is 10.4. The third kappa shape index (κ3) is 4.84. The van der Waals surface area contributed by atoms with E-state index in [1.165, 1.54) is 17.7 Å². The van der Waals surface area contributed by atoms with Crippen molar-refractivity contribution < 1.29 is 18.7 Å². The van der Waals surface area contributed by atoms with Crippen LogP contribution in [-0.4, -0.2) is 18.5 Å². The normalized spacial score (nSPS) is 11.9. The van der Waals surface area contributed by atoms with Crippen LogP contribution in [0.25, 0.3) is 11.0 Å². The lowest BCUT2D eigenvalue weighted by atomic mass is 10.0. The lowest BCUT2D eigenvalue weighted by Gasteiger charge is -2.15. The van der Waals surface area contributed by atoms with Gasteiger partial charge in [-0.05, 0) is 55.7 Å². The molecule has 0 spiro atoms. The molecule has 3 rings (SSSR count). The van der Waals surface area contributed by atoms with Crippen LogP contribution in [0.5, 0.6) is 0 Å². The van der Waals surface area contributed by atoms with Crippen molar-refractivity contribution in [2.24, 2.45) is 0 Å².